The first kappa shape index (κ1) is 17.8. The molecular weight excluding hydrogens is 332 g/mol. The molecule has 1 fully saturated rings. The van der Waals surface area contributed by atoms with Crippen molar-refractivity contribution in [2.45, 2.75) is 49.6 Å². The maximum atomic E-state index is 12.6. The highest BCUT2D eigenvalue weighted by Gasteiger charge is 2.19. The smallest absolute Gasteiger partial charge is 0.254 e. The van der Waals surface area contributed by atoms with Crippen LogP contribution in [0.3, 0.4) is 0 Å². The van der Waals surface area contributed by atoms with Crippen LogP contribution in [-0.2, 0) is 6.42 Å². The van der Waals surface area contributed by atoms with Gasteiger partial charge in [-0.05, 0) is 43.0 Å². The van der Waals surface area contributed by atoms with Gasteiger partial charge in [-0.2, -0.15) is 0 Å². The van der Waals surface area contributed by atoms with E-state index in [1.165, 1.54) is 19.3 Å². The monoisotopic (exact) mass is 356 g/mol. The summed E-state index contributed by atoms with van der Waals surface area (Å²) >= 11 is 1.56. The number of pyridine rings is 1. The topological polar surface area (TPSA) is 62.2 Å². The molecule has 25 heavy (non-hydrogen) atoms. The summed E-state index contributed by atoms with van der Waals surface area (Å²) in [7, 11) is 0. The van der Waals surface area contributed by atoms with Crippen LogP contribution in [0, 0.1) is 0 Å². The van der Waals surface area contributed by atoms with E-state index in [4.69, 9.17) is 0 Å². The fourth-order valence-electron chi connectivity index (χ4n) is 3.17. The van der Waals surface area contributed by atoms with Gasteiger partial charge in [-0.3, -0.25) is 4.79 Å². The van der Waals surface area contributed by atoms with E-state index < -0.39 is 0 Å². The van der Waals surface area contributed by atoms with Gasteiger partial charge in [-0.15, -0.1) is 11.8 Å². The van der Waals surface area contributed by atoms with E-state index >= 15 is 0 Å². The van der Waals surface area contributed by atoms with Gasteiger partial charge >= 0.3 is 0 Å². The summed E-state index contributed by atoms with van der Waals surface area (Å²) in [5, 5.41) is 13.8. The fraction of sp³-hybridized carbons (Fsp3) is 0.400. The Morgan fingerprint density at radius 3 is 2.76 bits per heavy atom. The maximum Gasteiger partial charge on any atom is 0.254 e. The van der Waals surface area contributed by atoms with Crippen molar-refractivity contribution in [3.63, 3.8) is 0 Å². The van der Waals surface area contributed by atoms with Crippen molar-refractivity contribution in [3.8, 4) is 5.75 Å². The van der Waals surface area contributed by atoms with Gasteiger partial charge in [-0.1, -0.05) is 37.5 Å². The van der Waals surface area contributed by atoms with Gasteiger partial charge in [0.25, 0.3) is 5.91 Å². The van der Waals surface area contributed by atoms with Gasteiger partial charge in [-0.25, -0.2) is 4.98 Å². The number of carbonyl (C=O) groups is 1. The van der Waals surface area contributed by atoms with Crippen molar-refractivity contribution in [2.24, 2.45) is 0 Å². The molecule has 0 saturated heterocycles. The number of rotatable bonds is 6. The number of carbonyl (C=O) groups excluding carboxylic acids is 1. The summed E-state index contributed by atoms with van der Waals surface area (Å²) in [5.74, 6) is 1.06. The molecule has 1 aliphatic rings. The maximum absolute atomic E-state index is 12.6. The van der Waals surface area contributed by atoms with E-state index in [9.17, 15) is 9.90 Å². The number of hydrogen-bond donors (Lipinski definition) is 2. The van der Waals surface area contributed by atoms with Crippen molar-refractivity contribution in [1.29, 1.82) is 0 Å². The Labute approximate surface area is 153 Å². The van der Waals surface area contributed by atoms with Crippen LogP contribution < -0.4 is 5.32 Å². The number of nitrogens with zero attached hydrogens (tertiary/aromatic N) is 1. The second-order valence-electron chi connectivity index (χ2n) is 6.39. The van der Waals surface area contributed by atoms with Crippen LogP contribution in [-0.4, -0.2) is 27.8 Å². The third-order valence-corrected chi connectivity index (χ3v) is 5.56. The minimum atomic E-state index is -0.0231. The number of para-hydroxylation sites is 1. The van der Waals surface area contributed by atoms with Crippen LogP contribution in [0.2, 0.25) is 0 Å². The molecule has 3 rings (SSSR count). The Bertz CT molecular complexity index is 714. The minimum Gasteiger partial charge on any atom is -0.508 e. The molecule has 0 bridgehead atoms. The van der Waals surface area contributed by atoms with Gasteiger partial charge in [0.05, 0.1) is 5.56 Å². The average Bonchev–Trinajstić information content (AvgIpc) is 2.64. The number of benzene rings is 1. The summed E-state index contributed by atoms with van der Waals surface area (Å²) in [4.78, 5) is 17.0. The third kappa shape index (κ3) is 4.98. The van der Waals surface area contributed by atoms with E-state index in [-0.39, 0.29) is 5.91 Å². The normalized spacial score (nSPS) is 15.0. The quantitative estimate of drug-likeness (QED) is 0.762. The van der Waals surface area contributed by atoms with Gasteiger partial charge < -0.3 is 10.4 Å². The SMILES string of the molecule is O=C(NC1CCCCC1)c1cccnc1SCCc1ccccc1O. The molecule has 2 aromatic rings. The van der Waals surface area contributed by atoms with Gasteiger partial charge in [0, 0.05) is 18.0 Å². The van der Waals surface area contributed by atoms with Crippen LogP contribution in [0.15, 0.2) is 47.6 Å². The molecule has 1 saturated carbocycles. The molecular formula is C20H24N2O2S. The Morgan fingerprint density at radius 1 is 1.16 bits per heavy atom. The average molecular weight is 356 g/mol. The molecule has 1 aliphatic carbocycles. The first-order valence-corrected chi connectivity index (χ1v) is 9.88. The zero-order valence-electron chi connectivity index (χ0n) is 14.3. The van der Waals surface area contributed by atoms with Crippen LogP contribution in [0.5, 0.6) is 5.75 Å². The highest BCUT2D eigenvalue weighted by atomic mass is 32.2. The number of hydrogen-bond acceptors (Lipinski definition) is 4. The van der Waals surface area contributed by atoms with Gasteiger partial charge in [0.1, 0.15) is 10.8 Å². The zero-order chi connectivity index (χ0) is 17.5. The summed E-state index contributed by atoms with van der Waals surface area (Å²) in [6, 6.07) is 11.3. The lowest BCUT2D eigenvalue weighted by atomic mass is 9.95. The van der Waals surface area contributed by atoms with Crippen LogP contribution >= 0.6 is 11.8 Å². The molecule has 0 unspecified atom stereocenters. The third-order valence-electron chi connectivity index (χ3n) is 4.56. The number of phenolic OH excluding ortho intramolecular Hbond substituents is 1. The van der Waals surface area contributed by atoms with E-state index in [0.717, 1.165) is 35.6 Å². The Kier molecular flexibility index (Phi) is 6.34. The minimum absolute atomic E-state index is 0.0231. The lowest BCUT2D eigenvalue weighted by Crippen LogP contribution is -2.36. The summed E-state index contributed by atoms with van der Waals surface area (Å²) in [6.45, 7) is 0. The summed E-state index contributed by atoms with van der Waals surface area (Å²) in [5.41, 5.74) is 1.56. The number of nitrogens with one attached hydrogen (secondary N) is 1. The van der Waals surface area contributed by atoms with Crippen molar-refractivity contribution in [1.82, 2.24) is 10.3 Å². The van der Waals surface area contributed by atoms with E-state index in [1.807, 2.05) is 30.3 Å². The molecule has 0 atom stereocenters. The molecule has 0 radical (unpaired) electrons. The number of aromatic hydroxyl groups is 1. The largest absolute Gasteiger partial charge is 0.508 e. The number of thioether (sulfide) groups is 1. The predicted octanol–water partition coefficient (Wildman–Crippen LogP) is 4.18. The van der Waals surface area contributed by atoms with E-state index in [2.05, 4.69) is 10.3 Å². The van der Waals surface area contributed by atoms with E-state index in [0.29, 0.717) is 17.4 Å². The molecule has 132 valence electrons. The second kappa shape index (κ2) is 8.90. The molecule has 0 aliphatic heterocycles. The lowest BCUT2D eigenvalue weighted by molar-refractivity contribution is 0.0924. The zero-order valence-corrected chi connectivity index (χ0v) is 15.1. The first-order valence-electron chi connectivity index (χ1n) is 8.89. The van der Waals surface area contributed by atoms with Crippen molar-refractivity contribution in [2.75, 3.05) is 5.75 Å². The fourth-order valence-corrected chi connectivity index (χ4v) is 4.14. The first-order chi connectivity index (χ1) is 12.2. The van der Waals surface area contributed by atoms with Crippen LogP contribution in [0.25, 0.3) is 0 Å². The Hall–Kier alpha value is -2.01. The number of aromatic nitrogens is 1. The van der Waals surface area contributed by atoms with Crippen molar-refractivity contribution < 1.29 is 9.90 Å². The standard InChI is InChI=1S/C20H24N2O2S/c23-18-11-5-4-7-15(18)12-14-25-20-17(10-6-13-21-20)19(24)22-16-8-2-1-3-9-16/h4-7,10-11,13,16,23H,1-3,8-9,12,14H2,(H,22,24). The van der Waals surface area contributed by atoms with Crippen molar-refractivity contribution in [3.05, 3.63) is 53.7 Å². The molecule has 2 N–H and O–H groups in total. The number of phenols is 1. The Morgan fingerprint density at radius 2 is 1.96 bits per heavy atom. The second-order valence-corrected chi connectivity index (χ2v) is 7.48. The molecule has 1 heterocycles. The van der Waals surface area contributed by atoms with E-state index in [1.54, 1.807) is 24.0 Å². The number of amides is 1. The Balaban J connectivity index is 1.60. The van der Waals surface area contributed by atoms with Crippen LogP contribution in [0.4, 0.5) is 0 Å². The van der Waals surface area contributed by atoms with Gasteiger partial charge in [0.15, 0.2) is 0 Å². The molecule has 0 spiro atoms. The molecule has 1 aromatic heterocycles. The molecule has 1 aromatic carbocycles. The van der Waals surface area contributed by atoms with Crippen molar-refractivity contribution >= 4 is 17.7 Å². The summed E-state index contributed by atoms with van der Waals surface area (Å²) < 4.78 is 0. The highest BCUT2D eigenvalue weighted by molar-refractivity contribution is 7.99. The predicted molar refractivity (Wildman–Crippen MR) is 101 cm³/mol. The summed E-state index contributed by atoms with van der Waals surface area (Å²) in [6.07, 6.45) is 8.26. The lowest BCUT2D eigenvalue weighted by Gasteiger charge is -2.23. The van der Waals surface area contributed by atoms with Crippen LogP contribution in [0.1, 0.15) is 48.0 Å². The molecule has 5 heteroatoms. The molecule has 4 nitrogen and oxygen atoms in total. The molecule has 1 amide bonds. The highest BCUT2D eigenvalue weighted by Crippen LogP contribution is 2.24. The van der Waals surface area contributed by atoms with Gasteiger partial charge in [0.2, 0.25) is 0 Å². The number of aryl methyl sites for hydroxylation is 1.